The summed E-state index contributed by atoms with van der Waals surface area (Å²) in [4.78, 5) is 11.9. The number of nitrogens with zero attached hydrogens (tertiary/aromatic N) is 3. The molecule has 1 heterocycles. The van der Waals surface area contributed by atoms with Crippen LogP contribution in [0.2, 0.25) is 0 Å². The van der Waals surface area contributed by atoms with Crippen molar-refractivity contribution in [1.29, 1.82) is 0 Å². The highest BCUT2D eigenvalue weighted by molar-refractivity contribution is 5.89. The number of hydrogen-bond acceptors (Lipinski definition) is 4. The van der Waals surface area contributed by atoms with Crippen LogP contribution in [-0.4, -0.2) is 26.3 Å². The van der Waals surface area contributed by atoms with Crippen LogP contribution in [0.4, 0.5) is 0 Å². The van der Waals surface area contributed by atoms with Crippen molar-refractivity contribution < 1.29 is 4.79 Å². The molecule has 0 unspecified atom stereocenters. The summed E-state index contributed by atoms with van der Waals surface area (Å²) in [5.41, 5.74) is 5.96. The second-order valence-electron chi connectivity index (χ2n) is 3.85. The Balaban J connectivity index is 2.70. The fourth-order valence-electron chi connectivity index (χ4n) is 1.46. The maximum atomic E-state index is 11.9. The van der Waals surface area contributed by atoms with E-state index in [-0.39, 0.29) is 12.2 Å². The highest BCUT2D eigenvalue weighted by Crippen LogP contribution is 2.14. The lowest BCUT2D eigenvalue weighted by molar-refractivity contribution is -0.123. The summed E-state index contributed by atoms with van der Waals surface area (Å²) in [6.45, 7) is 3.86. The van der Waals surface area contributed by atoms with Gasteiger partial charge in [-0.1, -0.05) is 19.1 Å². The first-order valence-corrected chi connectivity index (χ1v) is 5.19. The van der Waals surface area contributed by atoms with Crippen molar-refractivity contribution in [2.45, 2.75) is 38.6 Å². The van der Waals surface area contributed by atoms with E-state index in [1.54, 1.807) is 17.9 Å². The van der Waals surface area contributed by atoms with Crippen LogP contribution in [0, 0.1) is 0 Å². The minimum absolute atomic E-state index is 0.0352. The maximum Gasteiger partial charge on any atom is 0.158 e. The summed E-state index contributed by atoms with van der Waals surface area (Å²) in [5, 5.41) is 7.65. The van der Waals surface area contributed by atoms with Gasteiger partial charge in [0, 0.05) is 13.2 Å². The van der Waals surface area contributed by atoms with Gasteiger partial charge in [-0.2, -0.15) is 0 Å². The number of carbonyl (C=O) groups is 1. The van der Waals surface area contributed by atoms with E-state index in [1.807, 2.05) is 13.8 Å². The lowest BCUT2D eigenvalue weighted by atomic mass is 9.87. The highest BCUT2D eigenvalue weighted by atomic mass is 16.1. The smallest absolute Gasteiger partial charge is 0.158 e. The standard InChI is InChI=1S/C10H18N4O/c1-4-10(11,5-2)9(15)6-8-7-14(3)13-12-8/h7H,4-6,11H2,1-3H3. The molecule has 1 rings (SSSR count). The van der Waals surface area contributed by atoms with Crippen molar-refractivity contribution in [3.63, 3.8) is 0 Å². The van der Waals surface area contributed by atoms with Crippen molar-refractivity contribution in [1.82, 2.24) is 15.0 Å². The number of Topliss-reactive ketones (excluding diaryl/α,β-unsaturated/α-hetero) is 1. The predicted molar refractivity (Wildman–Crippen MR) is 57.2 cm³/mol. The van der Waals surface area contributed by atoms with Crippen LogP contribution < -0.4 is 5.73 Å². The second kappa shape index (κ2) is 4.53. The molecule has 0 aliphatic rings. The second-order valence-corrected chi connectivity index (χ2v) is 3.85. The number of ketones is 1. The fourth-order valence-corrected chi connectivity index (χ4v) is 1.46. The van der Waals surface area contributed by atoms with Crippen LogP contribution in [0.5, 0.6) is 0 Å². The van der Waals surface area contributed by atoms with E-state index in [1.165, 1.54) is 0 Å². The Bertz CT molecular complexity index is 341. The molecule has 0 radical (unpaired) electrons. The van der Waals surface area contributed by atoms with E-state index in [4.69, 9.17) is 5.73 Å². The molecule has 0 saturated carbocycles. The van der Waals surface area contributed by atoms with E-state index >= 15 is 0 Å². The highest BCUT2D eigenvalue weighted by Gasteiger charge is 2.29. The van der Waals surface area contributed by atoms with E-state index < -0.39 is 5.54 Å². The quantitative estimate of drug-likeness (QED) is 0.765. The third-order valence-electron chi connectivity index (χ3n) is 2.81. The summed E-state index contributed by atoms with van der Waals surface area (Å²) < 4.78 is 1.58. The van der Waals surface area contributed by atoms with E-state index in [0.717, 1.165) is 0 Å². The predicted octanol–water partition coefficient (Wildman–Crippen LogP) is 0.444. The maximum absolute atomic E-state index is 11.9. The molecular weight excluding hydrogens is 192 g/mol. The zero-order chi connectivity index (χ0) is 11.5. The molecule has 2 N–H and O–H groups in total. The summed E-state index contributed by atoms with van der Waals surface area (Å²) in [6, 6.07) is 0. The Hall–Kier alpha value is -1.23. The van der Waals surface area contributed by atoms with Gasteiger partial charge in [-0.15, -0.1) is 5.10 Å². The van der Waals surface area contributed by atoms with E-state index in [0.29, 0.717) is 18.5 Å². The lowest BCUT2D eigenvalue weighted by Crippen LogP contribution is -2.47. The Kier molecular flexibility index (Phi) is 3.57. The number of hydrogen-bond donors (Lipinski definition) is 1. The Morgan fingerprint density at radius 2 is 2.13 bits per heavy atom. The van der Waals surface area contributed by atoms with Gasteiger partial charge < -0.3 is 5.73 Å². The molecule has 0 atom stereocenters. The average molecular weight is 210 g/mol. The van der Waals surface area contributed by atoms with Gasteiger partial charge in [-0.05, 0) is 12.8 Å². The molecule has 84 valence electrons. The van der Waals surface area contributed by atoms with Crippen molar-refractivity contribution in [2.75, 3.05) is 0 Å². The molecule has 0 aliphatic heterocycles. The van der Waals surface area contributed by atoms with E-state index in [9.17, 15) is 4.79 Å². The molecular formula is C10H18N4O. The summed E-state index contributed by atoms with van der Waals surface area (Å²) >= 11 is 0. The molecule has 1 aromatic rings. The molecule has 0 fully saturated rings. The van der Waals surface area contributed by atoms with Gasteiger partial charge >= 0.3 is 0 Å². The Labute approximate surface area is 89.6 Å². The Morgan fingerprint density at radius 3 is 2.53 bits per heavy atom. The lowest BCUT2D eigenvalue weighted by Gasteiger charge is -2.24. The van der Waals surface area contributed by atoms with Crippen molar-refractivity contribution in [3.05, 3.63) is 11.9 Å². The monoisotopic (exact) mass is 210 g/mol. The van der Waals surface area contributed by atoms with Gasteiger partial charge in [0.05, 0.1) is 17.7 Å². The SMILES string of the molecule is CCC(N)(CC)C(=O)Cc1cn(C)nn1. The molecule has 0 aromatic carbocycles. The average Bonchev–Trinajstić information content (AvgIpc) is 2.62. The van der Waals surface area contributed by atoms with Crippen LogP contribution in [-0.2, 0) is 18.3 Å². The molecule has 0 saturated heterocycles. The molecule has 5 nitrogen and oxygen atoms in total. The van der Waals surface area contributed by atoms with Crippen LogP contribution in [0.25, 0.3) is 0 Å². The number of nitrogens with two attached hydrogens (primary N) is 1. The molecule has 0 bridgehead atoms. The normalized spacial score (nSPS) is 11.7. The van der Waals surface area contributed by atoms with Gasteiger partial charge in [-0.25, -0.2) is 0 Å². The van der Waals surface area contributed by atoms with Crippen LogP contribution in [0.1, 0.15) is 32.4 Å². The fraction of sp³-hybridized carbons (Fsp3) is 0.700. The van der Waals surface area contributed by atoms with Gasteiger partial charge in [-0.3, -0.25) is 9.48 Å². The molecule has 15 heavy (non-hydrogen) atoms. The van der Waals surface area contributed by atoms with Gasteiger partial charge in [0.25, 0.3) is 0 Å². The van der Waals surface area contributed by atoms with Crippen molar-refractivity contribution in [2.24, 2.45) is 12.8 Å². The number of aryl methyl sites for hydroxylation is 1. The van der Waals surface area contributed by atoms with E-state index in [2.05, 4.69) is 10.3 Å². The molecule has 0 spiro atoms. The van der Waals surface area contributed by atoms with Gasteiger partial charge in [0.1, 0.15) is 0 Å². The van der Waals surface area contributed by atoms with Crippen LogP contribution in [0.15, 0.2) is 6.20 Å². The third kappa shape index (κ3) is 2.62. The Morgan fingerprint density at radius 1 is 1.53 bits per heavy atom. The largest absolute Gasteiger partial charge is 0.319 e. The van der Waals surface area contributed by atoms with Crippen molar-refractivity contribution >= 4 is 5.78 Å². The van der Waals surface area contributed by atoms with Gasteiger partial charge in [0.15, 0.2) is 5.78 Å². The number of rotatable bonds is 5. The summed E-state index contributed by atoms with van der Waals surface area (Å²) in [5.74, 6) is 0.0352. The zero-order valence-electron chi connectivity index (χ0n) is 9.53. The topological polar surface area (TPSA) is 73.8 Å². The minimum Gasteiger partial charge on any atom is -0.319 e. The summed E-state index contributed by atoms with van der Waals surface area (Å²) in [7, 11) is 1.77. The molecule has 5 heteroatoms. The number of carbonyl (C=O) groups excluding carboxylic acids is 1. The number of aromatic nitrogens is 3. The van der Waals surface area contributed by atoms with Gasteiger partial charge in [0.2, 0.25) is 0 Å². The van der Waals surface area contributed by atoms with Crippen molar-refractivity contribution in [3.8, 4) is 0 Å². The zero-order valence-corrected chi connectivity index (χ0v) is 9.53. The first-order valence-electron chi connectivity index (χ1n) is 5.19. The minimum atomic E-state index is -0.711. The summed E-state index contributed by atoms with van der Waals surface area (Å²) in [6.07, 6.45) is 3.32. The molecule has 1 aromatic heterocycles. The molecule has 0 aliphatic carbocycles. The third-order valence-corrected chi connectivity index (χ3v) is 2.81. The molecule has 0 amide bonds. The van der Waals surface area contributed by atoms with Crippen LogP contribution >= 0.6 is 0 Å². The first kappa shape index (κ1) is 11.8. The first-order chi connectivity index (χ1) is 7.01. The van der Waals surface area contributed by atoms with Crippen LogP contribution in [0.3, 0.4) is 0 Å².